The largest absolute Gasteiger partial charge is 0.472 e. The molecule has 1 fully saturated rings. The van der Waals surface area contributed by atoms with Crippen molar-refractivity contribution in [1.82, 2.24) is 15.5 Å². The van der Waals surface area contributed by atoms with Gasteiger partial charge in [0, 0.05) is 24.2 Å². The molecule has 1 saturated heterocycles. The average molecular weight is 245 g/mol. The Morgan fingerprint density at radius 1 is 1.61 bits per heavy atom. The molecular formula is C14H19N3O. The first-order valence-corrected chi connectivity index (χ1v) is 6.15. The molecule has 1 aliphatic rings. The fourth-order valence-corrected chi connectivity index (χ4v) is 1.94. The molecule has 4 nitrogen and oxygen atoms in total. The quantitative estimate of drug-likeness (QED) is 0.755. The fraction of sp³-hybridized carbons (Fsp3) is 0.357. The molecule has 2 N–H and O–H groups in total. The minimum Gasteiger partial charge on any atom is -0.472 e. The normalized spacial score (nSPS) is 19.2. The zero-order chi connectivity index (χ0) is 12.8. The van der Waals surface area contributed by atoms with Crippen LogP contribution >= 0.6 is 0 Å². The summed E-state index contributed by atoms with van der Waals surface area (Å²) in [4.78, 5) is 0. The molecule has 0 bridgehead atoms. The highest BCUT2D eigenvalue weighted by molar-refractivity contribution is 5.22. The molecule has 1 aliphatic heterocycles. The van der Waals surface area contributed by atoms with Crippen LogP contribution in [0.25, 0.3) is 0 Å². The minimum atomic E-state index is 0.442. The van der Waals surface area contributed by atoms with E-state index in [1.54, 1.807) is 6.08 Å². The summed E-state index contributed by atoms with van der Waals surface area (Å²) in [5.74, 6) is 1.16. The van der Waals surface area contributed by atoms with Crippen molar-refractivity contribution in [2.75, 3.05) is 19.7 Å². The van der Waals surface area contributed by atoms with E-state index in [-0.39, 0.29) is 0 Å². The number of ether oxygens (including phenoxy) is 1. The van der Waals surface area contributed by atoms with Gasteiger partial charge in [-0.15, -0.1) is 5.10 Å². The van der Waals surface area contributed by atoms with Crippen LogP contribution in [0.15, 0.2) is 43.0 Å². The third kappa shape index (κ3) is 3.34. The molecule has 4 heteroatoms. The Morgan fingerprint density at radius 3 is 3.22 bits per heavy atom. The van der Waals surface area contributed by atoms with Crippen molar-refractivity contribution >= 4 is 0 Å². The van der Waals surface area contributed by atoms with Gasteiger partial charge in [0.25, 0.3) is 0 Å². The van der Waals surface area contributed by atoms with E-state index in [4.69, 9.17) is 4.74 Å². The number of nitrogens with zero attached hydrogens (tertiary/aromatic N) is 1. The first-order valence-electron chi connectivity index (χ1n) is 6.15. The average Bonchev–Trinajstić information content (AvgIpc) is 3.03. The molecule has 1 unspecified atom stereocenters. The maximum absolute atomic E-state index is 5.56. The second-order valence-electron chi connectivity index (χ2n) is 4.39. The summed E-state index contributed by atoms with van der Waals surface area (Å²) < 4.78 is 5.56. The first-order chi connectivity index (χ1) is 8.79. The van der Waals surface area contributed by atoms with Gasteiger partial charge in [0.05, 0.1) is 0 Å². The standard InChI is InChI=1S/C14H19N3O/c1-3-4-5-11(2)10-18-14-8-13(16-17-14)12-6-7-15-9-12/h3-5,8,12,15H,1-2,6-7,9-10H2,(H,16,17)/b5-4-. The summed E-state index contributed by atoms with van der Waals surface area (Å²) in [6.45, 7) is 10.0. The molecule has 0 aliphatic carbocycles. The molecule has 96 valence electrons. The van der Waals surface area contributed by atoms with E-state index in [2.05, 4.69) is 28.7 Å². The molecule has 0 radical (unpaired) electrons. The molecule has 0 aromatic carbocycles. The van der Waals surface area contributed by atoms with Crippen LogP contribution in [-0.4, -0.2) is 29.9 Å². The van der Waals surface area contributed by atoms with Gasteiger partial charge >= 0.3 is 0 Å². The Labute approximate surface area is 107 Å². The van der Waals surface area contributed by atoms with Gasteiger partial charge in [0.1, 0.15) is 6.61 Å². The molecule has 1 atom stereocenters. The van der Waals surface area contributed by atoms with Gasteiger partial charge in [0.2, 0.25) is 5.88 Å². The Kier molecular flexibility index (Phi) is 4.36. The molecule has 0 spiro atoms. The summed E-state index contributed by atoms with van der Waals surface area (Å²) in [6, 6.07) is 1.97. The van der Waals surface area contributed by atoms with Gasteiger partial charge < -0.3 is 10.1 Å². The van der Waals surface area contributed by atoms with Gasteiger partial charge in [-0.2, -0.15) is 0 Å². The number of hydrogen-bond acceptors (Lipinski definition) is 3. The number of allylic oxidation sites excluding steroid dienone is 2. The number of aromatic amines is 1. The Morgan fingerprint density at radius 2 is 2.50 bits per heavy atom. The predicted molar refractivity (Wildman–Crippen MR) is 72.8 cm³/mol. The van der Waals surface area contributed by atoms with E-state index in [1.807, 2.05) is 18.2 Å². The molecule has 2 heterocycles. The van der Waals surface area contributed by atoms with Crippen molar-refractivity contribution in [3.05, 3.63) is 48.7 Å². The number of aromatic nitrogens is 2. The Bertz CT molecular complexity index is 442. The van der Waals surface area contributed by atoms with Gasteiger partial charge in [-0.3, -0.25) is 5.10 Å². The molecular weight excluding hydrogens is 226 g/mol. The molecule has 2 rings (SSSR count). The third-order valence-electron chi connectivity index (χ3n) is 2.95. The van der Waals surface area contributed by atoms with E-state index in [0.717, 1.165) is 30.8 Å². The van der Waals surface area contributed by atoms with Crippen LogP contribution in [0.1, 0.15) is 18.0 Å². The van der Waals surface area contributed by atoms with Crippen LogP contribution in [0.4, 0.5) is 0 Å². The van der Waals surface area contributed by atoms with Crippen molar-refractivity contribution in [2.24, 2.45) is 0 Å². The summed E-state index contributed by atoms with van der Waals surface area (Å²) >= 11 is 0. The maximum atomic E-state index is 5.56. The Balaban J connectivity index is 1.84. The van der Waals surface area contributed by atoms with Crippen LogP contribution in [0, 0.1) is 0 Å². The summed E-state index contributed by atoms with van der Waals surface area (Å²) in [7, 11) is 0. The second-order valence-corrected chi connectivity index (χ2v) is 4.39. The van der Waals surface area contributed by atoms with E-state index in [1.165, 1.54) is 0 Å². The smallest absolute Gasteiger partial charge is 0.233 e. The lowest BCUT2D eigenvalue weighted by Crippen LogP contribution is -2.08. The second kappa shape index (κ2) is 6.21. The summed E-state index contributed by atoms with van der Waals surface area (Å²) in [5, 5.41) is 10.5. The highest BCUT2D eigenvalue weighted by Gasteiger charge is 2.18. The van der Waals surface area contributed by atoms with Crippen molar-refractivity contribution in [3.63, 3.8) is 0 Å². The predicted octanol–water partition coefficient (Wildman–Crippen LogP) is 2.16. The van der Waals surface area contributed by atoms with Gasteiger partial charge in [-0.25, -0.2) is 0 Å². The lowest BCUT2D eigenvalue weighted by atomic mass is 10.1. The number of rotatable bonds is 6. The van der Waals surface area contributed by atoms with Crippen LogP contribution < -0.4 is 10.1 Å². The lowest BCUT2D eigenvalue weighted by Gasteiger charge is -2.03. The van der Waals surface area contributed by atoms with Crippen molar-refractivity contribution in [3.8, 4) is 5.88 Å². The maximum Gasteiger partial charge on any atom is 0.233 e. The van der Waals surface area contributed by atoms with Crippen LogP contribution in [0.3, 0.4) is 0 Å². The van der Waals surface area contributed by atoms with Gasteiger partial charge in [-0.05, 0) is 18.5 Å². The van der Waals surface area contributed by atoms with Crippen LogP contribution in [0.2, 0.25) is 0 Å². The SMILES string of the molecule is C=C/C=C\C(=C)COc1cc(C2CCNC2)[nH]n1. The third-order valence-corrected chi connectivity index (χ3v) is 2.95. The van der Waals surface area contributed by atoms with Crippen molar-refractivity contribution in [1.29, 1.82) is 0 Å². The highest BCUT2D eigenvalue weighted by atomic mass is 16.5. The van der Waals surface area contributed by atoms with Gasteiger partial charge in [-0.1, -0.05) is 31.4 Å². The molecule has 1 aromatic heterocycles. The van der Waals surface area contributed by atoms with E-state index in [0.29, 0.717) is 18.4 Å². The number of nitrogens with one attached hydrogen (secondary N) is 2. The first kappa shape index (κ1) is 12.6. The van der Waals surface area contributed by atoms with E-state index >= 15 is 0 Å². The van der Waals surface area contributed by atoms with Crippen molar-refractivity contribution in [2.45, 2.75) is 12.3 Å². The van der Waals surface area contributed by atoms with E-state index < -0.39 is 0 Å². The zero-order valence-electron chi connectivity index (χ0n) is 10.5. The van der Waals surface area contributed by atoms with E-state index in [9.17, 15) is 0 Å². The summed E-state index contributed by atoms with van der Waals surface area (Å²) in [6.07, 6.45) is 6.58. The zero-order valence-corrected chi connectivity index (χ0v) is 10.5. The monoisotopic (exact) mass is 245 g/mol. The summed E-state index contributed by atoms with van der Waals surface area (Å²) in [5.41, 5.74) is 2.03. The highest BCUT2D eigenvalue weighted by Crippen LogP contribution is 2.23. The van der Waals surface area contributed by atoms with Crippen molar-refractivity contribution < 1.29 is 4.74 Å². The fourth-order valence-electron chi connectivity index (χ4n) is 1.94. The van der Waals surface area contributed by atoms with Crippen LogP contribution in [0.5, 0.6) is 5.88 Å². The van der Waals surface area contributed by atoms with Crippen LogP contribution in [-0.2, 0) is 0 Å². The molecule has 1 aromatic rings. The topological polar surface area (TPSA) is 49.9 Å². The number of H-pyrrole nitrogens is 1. The van der Waals surface area contributed by atoms with Gasteiger partial charge in [0.15, 0.2) is 0 Å². The lowest BCUT2D eigenvalue weighted by molar-refractivity contribution is 0.341. The Hall–Kier alpha value is -1.81. The molecule has 0 saturated carbocycles. The molecule has 18 heavy (non-hydrogen) atoms. The number of hydrogen-bond donors (Lipinski definition) is 2. The minimum absolute atomic E-state index is 0.442. The molecule has 0 amide bonds.